The molecule has 0 saturated carbocycles. The summed E-state index contributed by atoms with van der Waals surface area (Å²) in [4.78, 5) is 0. The first kappa shape index (κ1) is 11.6. The lowest BCUT2D eigenvalue weighted by molar-refractivity contribution is 0.619. The number of nitrogens with zero attached hydrogens (tertiary/aromatic N) is 3. The van der Waals surface area contributed by atoms with E-state index in [9.17, 15) is 4.39 Å². The van der Waals surface area contributed by atoms with Gasteiger partial charge < -0.3 is 4.57 Å². The van der Waals surface area contributed by atoms with Crippen LogP contribution in [0.15, 0.2) is 34.2 Å². The van der Waals surface area contributed by atoms with Gasteiger partial charge in [-0.15, -0.1) is 10.2 Å². The van der Waals surface area contributed by atoms with Gasteiger partial charge in [-0.1, -0.05) is 23.9 Å². The number of halogens is 2. The standard InChI is InChI=1S/C10H9BrFN3S/c1-15-6-13-14-10(15)16-5-7-3-2-4-8(12)9(7)11/h2-4,6H,5H2,1H3. The molecule has 0 aliphatic rings. The highest BCUT2D eigenvalue weighted by Crippen LogP contribution is 2.27. The van der Waals surface area contributed by atoms with Crippen molar-refractivity contribution in [3.63, 3.8) is 0 Å². The number of hydrogen-bond acceptors (Lipinski definition) is 3. The van der Waals surface area contributed by atoms with E-state index < -0.39 is 0 Å². The van der Waals surface area contributed by atoms with Gasteiger partial charge in [0.2, 0.25) is 0 Å². The van der Waals surface area contributed by atoms with Gasteiger partial charge in [-0.25, -0.2) is 4.39 Å². The maximum Gasteiger partial charge on any atom is 0.191 e. The van der Waals surface area contributed by atoms with E-state index in [1.54, 1.807) is 12.4 Å². The minimum absolute atomic E-state index is 0.240. The summed E-state index contributed by atoms with van der Waals surface area (Å²) in [5, 5.41) is 8.55. The van der Waals surface area contributed by atoms with Crippen LogP contribution in [0.4, 0.5) is 4.39 Å². The molecule has 1 heterocycles. The average molecular weight is 302 g/mol. The van der Waals surface area contributed by atoms with Crippen LogP contribution >= 0.6 is 27.7 Å². The van der Waals surface area contributed by atoms with E-state index >= 15 is 0 Å². The summed E-state index contributed by atoms with van der Waals surface area (Å²) in [6.45, 7) is 0. The molecule has 0 fully saturated rings. The molecule has 0 atom stereocenters. The van der Waals surface area contributed by atoms with Gasteiger partial charge in [-0.3, -0.25) is 0 Å². The minimum Gasteiger partial charge on any atom is -0.312 e. The normalized spacial score (nSPS) is 10.7. The maximum atomic E-state index is 13.2. The lowest BCUT2D eigenvalue weighted by Crippen LogP contribution is -1.91. The molecule has 84 valence electrons. The van der Waals surface area contributed by atoms with Crippen molar-refractivity contribution in [3.8, 4) is 0 Å². The van der Waals surface area contributed by atoms with Crippen LogP contribution < -0.4 is 0 Å². The predicted octanol–water partition coefficient (Wildman–Crippen LogP) is 3.01. The Morgan fingerprint density at radius 1 is 1.50 bits per heavy atom. The van der Waals surface area contributed by atoms with E-state index in [1.165, 1.54) is 17.8 Å². The Bertz CT molecular complexity index is 501. The van der Waals surface area contributed by atoms with Crippen LogP contribution in [0.2, 0.25) is 0 Å². The van der Waals surface area contributed by atoms with E-state index in [1.807, 2.05) is 17.7 Å². The van der Waals surface area contributed by atoms with Gasteiger partial charge in [-0.05, 0) is 27.6 Å². The van der Waals surface area contributed by atoms with Crippen molar-refractivity contribution in [3.05, 3.63) is 40.4 Å². The smallest absolute Gasteiger partial charge is 0.191 e. The van der Waals surface area contributed by atoms with Gasteiger partial charge in [0.05, 0.1) is 4.47 Å². The number of hydrogen-bond donors (Lipinski definition) is 0. The molecule has 2 rings (SSSR count). The topological polar surface area (TPSA) is 30.7 Å². The van der Waals surface area contributed by atoms with Crippen molar-refractivity contribution in [2.75, 3.05) is 0 Å². The molecule has 0 unspecified atom stereocenters. The zero-order chi connectivity index (χ0) is 11.5. The van der Waals surface area contributed by atoms with Gasteiger partial charge in [-0.2, -0.15) is 0 Å². The zero-order valence-corrected chi connectivity index (χ0v) is 10.9. The van der Waals surface area contributed by atoms with Gasteiger partial charge in [0.1, 0.15) is 12.1 Å². The molecule has 0 saturated heterocycles. The van der Waals surface area contributed by atoms with E-state index in [2.05, 4.69) is 26.1 Å². The third kappa shape index (κ3) is 2.44. The second-order valence-corrected chi connectivity index (χ2v) is 4.96. The maximum absolute atomic E-state index is 13.2. The number of aryl methyl sites for hydroxylation is 1. The summed E-state index contributed by atoms with van der Waals surface area (Å²) < 4.78 is 15.6. The Morgan fingerprint density at radius 2 is 2.31 bits per heavy atom. The molecule has 6 heteroatoms. The Kier molecular flexibility index (Phi) is 3.60. The SMILES string of the molecule is Cn1cnnc1SCc1cccc(F)c1Br. The zero-order valence-electron chi connectivity index (χ0n) is 8.52. The number of aromatic nitrogens is 3. The second-order valence-electron chi connectivity index (χ2n) is 3.23. The van der Waals surface area contributed by atoms with Gasteiger partial charge in [0.25, 0.3) is 0 Å². The molecule has 3 nitrogen and oxygen atoms in total. The summed E-state index contributed by atoms with van der Waals surface area (Å²) in [5.41, 5.74) is 0.910. The Morgan fingerprint density at radius 3 is 3.00 bits per heavy atom. The van der Waals surface area contributed by atoms with E-state index in [-0.39, 0.29) is 5.82 Å². The molecule has 0 amide bonds. The van der Waals surface area contributed by atoms with Gasteiger partial charge in [0, 0.05) is 12.8 Å². The van der Waals surface area contributed by atoms with E-state index in [0.29, 0.717) is 10.2 Å². The van der Waals surface area contributed by atoms with Crippen molar-refractivity contribution < 1.29 is 4.39 Å². The molecule has 16 heavy (non-hydrogen) atoms. The summed E-state index contributed by atoms with van der Waals surface area (Å²) >= 11 is 4.75. The minimum atomic E-state index is -0.240. The predicted molar refractivity (Wildman–Crippen MR) is 64.7 cm³/mol. The van der Waals surface area contributed by atoms with Crippen molar-refractivity contribution in [2.45, 2.75) is 10.9 Å². The lowest BCUT2D eigenvalue weighted by atomic mass is 10.2. The fourth-order valence-corrected chi connectivity index (χ4v) is 2.68. The summed E-state index contributed by atoms with van der Waals surface area (Å²) in [6, 6.07) is 5.02. The van der Waals surface area contributed by atoms with E-state index in [4.69, 9.17) is 0 Å². The van der Waals surface area contributed by atoms with Crippen molar-refractivity contribution in [1.29, 1.82) is 0 Å². The molecule has 0 bridgehead atoms. The monoisotopic (exact) mass is 301 g/mol. The van der Waals surface area contributed by atoms with Crippen molar-refractivity contribution >= 4 is 27.7 Å². The van der Waals surface area contributed by atoms with Gasteiger partial charge >= 0.3 is 0 Å². The third-order valence-electron chi connectivity index (χ3n) is 2.06. The summed E-state index contributed by atoms with van der Waals surface area (Å²) in [7, 11) is 1.88. The van der Waals surface area contributed by atoms with Crippen molar-refractivity contribution in [1.82, 2.24) is 14.8 Å². The van der Waals surface area contributed by atoms with Crippen LogP contribution in [0, 0.1) is 5.82 Å². The first-order chi connectivity index (χ1) is 7.68. The number of benzene rings is 1. The van der Waals surface area contributed by atoms with Crippen LogP contribution in [0.25, 0.3) is 0 Å². The average Bonchev–Trinajstić information content (AvgIpc) is 2.67. The quantitative estimate of drug-likeness (QED) is 0.817. The van der Waals surface area contributed by atoms with Crippen LogP contribution in [-0.2, 0) is 12.8 Å². The highest BCUT2D eigenvalue weighted by Gasteiger charge is 2.07. The van der Waals surface area contributed by atoms with Crippen molar-refractivity contribution in [2.24, 2.45) is 7.05 Å². The highest BCUT2D eigenvalue weighted by molar-refractivity contribution is 9.10. The van der Waals surface area contributed by atoms with Crippen LogP contribution in [0.1, 0.15) is 5.56 Å². The number of thioether (sulfide) groups is 1. The van der Waals surface area contributed by atoms with Crippen LogP contribution in [0.5, 0.6) is 0 Å². The fraction of sp³-hybridized carbons (Fsp3) is 0.200. The third-order valence-corrected chi connectivity index (χ3v) is 4.03. The molecule has 2 aromatic rings. The Hall–Kier alpha value is -0.880. The summed E-state index contributed by atoms with van der Waals surface area (Å²) in [5.74, 6) is 0.418. The first-order valence-electron chi connectivity index (χ1n) is 4.58. The molecule has 0 aliphatic heterocycles. The molecular weight excluding hydrogens is 293 g/mol. The molecule has 1 aromatic heterocycles. The fourth-order valence-electron chi connectivity index (χ4n) is 1.21. The molecule has 0 spiro atoms. The Labute approximate surface area is 105 Å². The first-order valence-corrected chi connectivity index (χ1v) is 6.36. The second kappa shape index (κ2) is 4.97. The molecular formula is C10H9BrFN3S. The van der Waals surface area contributed by atoms with Gasteiger partial charge in [0.15, 0.2) is 5.16 Å². The lowest BCUT2D eigenvalue weighted by Gasteiger charge is -2.04. The van der Waals surface area contributed by atoms with E-state index in [0.717, 1.165) is 10.7 Å². The molecule has 0 radical (unpaired) electrons. The molecule has 0 N–H and O–H groups in total. The molecule has 1 aromatic carbocycles. The molecule has 0 aliphatic carbocycles. The Balaban J connectivity index is 2.11. The summed E-state index contributed by atoms with van der Waals surface area (Å²) in [6.07, 6.45) is 1.64. The highest BCUT2D eigenvalue weighted by atomic mass is 79.9. The van der Waals surface area contributed by atoms with Crippen LogP contribution in [0.3, 0.4) is 0 Å². The largest absolute Gasteiger partial charge is 0.312 e. The number of rotatable bonds is 3. The van der Waals surface area contributed by atoms with Crippen LogP contribution in [-0.4, -0.2) is 14.8 Å².